The predicted molar refractivity (Wildman–Crippen MR) is 110 cm³/mol. The number of carbonyl (C=O) groups is 4. The van der Waals surface area contributed by atoms with Crippen LogP contribution in [0.15, 0.2) is 46.9 Å². The van der Waals surface area contributed by atoms with Crippen molar-refractivity contribution in [2.75, 3.05) is 12.4 Å². The fourth-order valence-electron chi connectivity index (χ4n) is 2.56. The zero-order valence-electron chi connectivity index (χ0n) is 15.8. The Balaban J connectivity index is 2.13. The number of amides is 3. The highest BCUT2D eigenvalue weighted by atomic mass is 79.9. The van der Waals surface area contributed by atoms with Gasteiger partial charge in [0.25, 0.3) is 0 Å². The van der Waals surface area contributed by atoms with Crippen LogP contribution in [0.4, 0.5) is 5.69 Å². The lowest BCUT2D eigenvalue weighted by Gasteiger charge is -2.18. The number of benzene rings is 2. The summed E-state index contributed by atoms with van der Waals surface area (Å²) in [7, 11) is 1.24. The van der Waals surface area contributed by atoms with E-state index < -0.39 is 29.7 Å². The highest BCUT2D eigenvalue weighted by Crippen LogP contribution is 2.21. The molecule has 0 aromatic heterocycles. The summed E-state index contributed by atoms with van der Waals surface area (Å²) < 4.78 is 5.50. The second kappa shape index (κ2) is 9.83. The second-order valence-electron chi connectivity index (χ2n) is 6.21. The topological polar surface area (TPSA) is 128 Å². The van der Waals surface area contributed by atoms with Crippen LogP contribution >= 0.6 is 15.9 Å². The summed E-state index contributed by atoms with van der Waals surface area (Å²) in [5.74, 6) is -2.95. The molecule has 3 amide bonds. The first-order valence-electron chi connectivity index (χ1n) is 8.56. The van der Waals surface area contributed by atoms with E-state index in [4.69, 9.17) is 5.73 Å². The number of hydrogen-bond donors (Lipinski definition) is 3. The summed E-state index contributed by atoms with van der Waals surface area (Å²) in [5.41, 5.74) is 7.09. The number of primary amides is 1. The molecule has 0 fully saturated rings. The molecule has 4 N–H and O–H groups in total. The van der Waals surface area contributed by atoms with Crippen LogP contribution in [0.5, 0.6) is 0 Å². The van der Waals surface area contributed by atoms with Gasteiger partial charge in [0.15, 0.2) is 0 Å². The normalized spacial score (nSPS) is 11.3. The summed E-state index contributed by atoms with van der Waals surface area (Å²) >= 11 is 3.32. The highest BCUT2D eigenvalue weighted by molar-refractivity contribution is 9.10. The van der Waals surface area contributed by atoms with Crippen molar-refractivity contribution in [3.8, 4) is 0 Å². The number of hydrogen-bond acceptors (Lipinski definition) is 5. The van der Waals surface area contributed by atoms with Crippen molar-refractivity contribution in [3.63, 3.8) is 0 Å². The van der Waals surface area contributed by atoms with Gasteiger partial charge in [-0.05, 0) is 48.4 Å². The third-order valence-corrected chi connectivity index (χ3v) is 4.67. The van der Waals surface area contributed by atoms with E-state index >= 15 is 0 Å². The minimum absolute atomic E-state index is 0.135. The van der Waals surface area contributed by atoms with E-state index in [0.29, 0.717) is 22.4 Å². The number of halogens is 1. The van der Waals surface area contributed by atoms with E-state index in [1.165, 1.54) is 25.3 Å². The van der Waals surface area contributed by atoms with Crippen molar-refractivity contribution in [1.82, 2.24) is 5.32 Å². The summed E-state index contributed by atoms with van der Waals surface area (Å²) in [6, 6.07) is 10.7. The van der Waals surface area contributed by atoms with Crippen molar-refractivity contribution < 1.29 is 23.9 Å². The zero-order valence-corrected chi connectivity index (χ0v) is 17.4. The molecular formula is C20H20BrN3O5. The molecule has 2 rings (SSSR count). The molecular weight excluding hydrogens is 442 g/mol. The summed E-state index contributed by atoms with van der Waals surface area (Å²) in [4.78, 5) is 47.6. The van der Waals surface area contributed by atoms with E-state index in [1.807, 2.05) is 0 Å². The monoisotopic (exact) mass is 461 g/mol. The van der Waals surface area contributed by atoms with Crippen molar-refractivity contribution >= 4 is 45.3 Å². The number of aryl methyl sites for hydroxylation is 1. The van der Waals surface area contributed by atoms with Crippen LogP contribution in [0.3, 0.4) is 0 Å². The Labute approximate surface area is 175 Å². The molecule has 1 atom stereocenters. The van der Waals surface area contributed by atoms with Gasteiger partial charge >= 0.3 is 17.8 Å². The number of methoxy groups -OCH3 is 1. The first-order chi connectivity index (χ1) is 13.7. The molecule has 2 aromatic carbocycles. The lowest BCUT2D eigenvalue weighted by molar-refractivity contribution is -0.142. The fourth-order valence-corrected chi connectivity index (χ4v) is 2.82. The molecule has 2 aromatic rings. The molecule has 152 valence electrons. The molecule has 0 heterocycles. The summed E-state index contributed by atoms with van der Waals surface area (Å²) in [5, 5.41) is 5.03. The minimum Gasteiger partial charge on any atom is -0.469 e. The Bertz CT molecular complexity index is 944. The van der Waals surface area contributed by atoms with Gasteiger partial charge in [-0.25, -0.2) is 0 Å². The fraction of sp³-hybridized carbons (Fsp3) is 0.200. The molecule has 0 bridgehead atoms. The second-order valence-corrected chi connectivity index (χ2v) is 7.12. The SMILES string of the molecule is COC(=O)C[C@@H](NC(=O)C(=O)Nc1ccc(C(N)=O)cc1C)c1ccc(Br)cc1. The van der Waals surface area contributed by atoms with E-state index in [-0.39, 0.29) is 6.42 Å². The molecule has 9 heteroatoms. The first-order valence-corrected chi connectivity index (χ1v) is 9.35. The Kier molecular flexibility index (Phi) is 7.49. The molecule has 0 aliphatic rings. The van der Waals surface area contributed by atoms with Crippen LogP contribution in [0.25, 0.3) is 0 Å². The standard InChI is InChI=1S/C20H20BrN3O5/c1-11-9-13(18(22)26)5-8-15(11)23-19(27)20(28)24-16(10-17(25)29-2)12-3-6-14(21)7-4-12/h3-9,16H,10H2,1-2H3,(H2,22,26)(H,23,27)(H,24,28)/t16-/m1/s1. The van der Waals surface area contributed by atoms with Gasteiger partial charge in [-0.1, -0.05) is 28.1 Å². The molecule has 0 aliphatic heterocycles. The van der Waals surface area contributed by atoms with Gasteiger partial charge < -0.3 is 21.1 Å². The van der Waals surface area contributed by atoms with E-state index in [0.717, 1.165) is 4.47 Å². The quantitative estimate of drug-likeness (QED) is 0.448. The smallest absolute Gasteiger partial charge is 0.313 e. The molecule has 0 radical (unpaired) electrons. The van der Waals surface area contributed by atoms with Gasteiger partial charge in [0.2, 0.25) is 5.91 Å². The molecule has 0 saturated carbocycles. The Morgan fingerprint density at radius 2 is 1.72 bits per heavy atom. The van der Waals surface area contributed by atoms with Crippen LogP contribution in [0.1, 0.15) is 33.9 Å². The molecule has 0 unspecified atom stereocenters. The number of nitrogens with one attached hydrogen (secondary N) is 2. The average molecular weight is 462 g/mol. The highest BCUT2D eigenvalue weighted by Gasteiger charge is 2.23. The van der Waals surface area contributed by atoms with Crippen molar-refractivity contribution in [2.24, 2.45) is 5.73 Å². The number of rotatable bonds is 6. The largest absolute Gasteiger partial charge is 0.469 e. The summed E-state index contributed by atoms with van der Waals surface area (Å²) in [6.07, 6.45) is -0.135. The van der Waals surface area contributed by atoms with Crippen LogP contribution in [0, 0.1) is 6.92 Å². The number of esters is 1. The Morgan fingerprint density at radius 1 is 1.07 bits per heavy atom. The maximum absolute atomic E-state index is 12.4. The van der Waals surface area contributed by atoms with Gasteiger partial charge in [0, 0.05) is 15.7 Å². The molecule has 8 nitrogen and oxygen atoms in total. The van der Waals surface area contributed by atoms with Crippen LogP contribution in [0.2, 0.25) is 0 Å². The maximum atomic E-state index is 12.4. The third kappa shape index (κ3) is 6.15. The van der Waals surface area contributed by atoms with Gasteiger partial charge in [-0.15, -0.1) is 0 Å². The van der Waals surface area contributed by atoms with Crippen molar-refractivity contribution in [3.05, 3.63) is 63.6 Å². The van der Waals surface area contributed by atoms with Gasteiger partial charge in [-0.2, -0.15) is 0 Å². The summed E-state index contributed by atoms with van der Waals surface area (Å²) in [6.45, 7) is 1.67. The van der Waals surface area contributed by atoms with E-state index in [1.54, 1.807) is 31.2 Å². The van der Waals surface area contributed by atoms with E-state index in [9.17, 15) is 19.2 Å². The van der Waals surface area contributed by atoms with Crippen LogP contribution in [-0.4, -0.2) is 30.8 Å². The van der Waals surface area contributed by atoms with Gasteiger partial charge in [0.1, 0.15) is 0 Å². The molecule has 29 heavy (non-hydrogen) atoms. The number of ether oxygens (including phenoxy) is 1. The minimum atomic E-state index is -0.916. The van der Waals surface area contributed by atoms with Crippen molar-refractivity contribution in [2.45, 2.75) is 19.4 Å². The van der Waals surface area contributed by atoms with Crippen LogP contribution in [-0.2, 0) is 19.1 Å². The Morgan fingerprint density at radius 3 is 2.28 bits per heavy atom. The lowest BCUT2D eigenvalue weighted by Crippen LogP contribution is -2.38. The number of anilines is 1. The van der Waals surface area contributed by atoms with Crippen molar-refractivity contribution in [1.29, 1.82) is 0 Å². The average Bonchev–Trinajstić information content (AvgIpc) is 2.69. The molecule has 0 aliphatic carbocycles. The van der Waals surface area contributed by atoms with Crippen LogP contribution < -0.4 is 16.4 Å². The maximum Gasteiger partial charge on any atom is 0.313 e. The van der Waals surface area contributed by atoms with Gasteiger partial charge in [-0.3, -0.25) is 19.2 Å². The van der Waals surface area contributed by atoms with E-state index in [2.05, 4.69) is 31.3 Å². The Hall–Kier alpha value is -3.20. The number of nitrogens with two attached hydrogens (primary N) is 1. The molecule has 0 saturated heterocycles. The lowest BCUT2D eigenvalue weighted by atomic mass is 10.0. The first kappa shape index (κ1) is 22.1. The number of carbonyl (C=O) groups excluding carboxylic acids is 4. The molecule has 0 spiro atoms. The predicted octanol–water partition coefficient (Wildman–Crippen LogP) is 2.22. The third-order valence-electron chi connectivity index (χ3n) is 4.14. The zero-order chi connectivity index (χ0) is 21.6. The van der Waals surface area contributed by atoms with Gasteiger partial charge in [0.05, 0.1) is 19.6 Å².